The molecule has 3 fully saturated rings. The first-order valence-electron chi connectivity index (χ1n) is 8.37. The van der Waals surface area contributed by atoms with Gasteiger partial charge in [-0.1, -0.05) is 30.3 Å². The van der Waals surface area contributed by atoms with Crippen molar-refractivity contribution in [3.05, 3.63) is 35.9 Å². The largest absolute Gasteiger partial charge is 0.461 e. The van der Waals surface area contributed by atoms with E-state index in [0.717, 1.165) is 22.9 Å². The summed E-state index contributed by atoms with van der Waals surface area (Å²) in [6, 6.07) is 10.2. The zero-order valence-corrected chi connectivity index (χ0v) is 13.6. The van der Waals surface area contributed by atoms with Crippen LogP contribution in [0.15, 0.2) is 30.3 Å². The zero-order valence-electron chi connectivity index (χ0n) is 13.6. The summed E-state index contributed by atoms with van der Waals surface area (Å²) in [5.41, 5.74) is 0.807. The fourth-order valence-electron chi connectivity index (χ4n) is 4.55. The number of hydrogen-bond donors (Lipinski definition) is 1. The number of esters is 1. The topological polar surface area (TPSA) is 59.1 Å². The third-order valence-corrected chi connectivity index (χ3v) is 5.99. The zero-order chi connectivity index (χ0) is 16.2. The minimum absolute atomic E-state index is 0.0576. The van der Waals surface area contributed by atoms with Gasteiger partial charge in [0.25, 0.3) is 0 Å². The van der Waals surface area contributed by atoms with Gasteiger partial charge in [-0.15, -0.1) is 0 Å². The Kier molecular flexibility index (Phi) is 3.48. The van der Waals surface area contributed by atoms with E-state index < -0.39 is 5.92 Å². The Morgan fingerprint density at radius 2 is 1.87 bits per heavy atom. The number of epoxide rings is 1. The molecule has 6 atom stereocenters. The lowest BCUT2D eigenvalue weighted by atomic mass is 9.95. The molecule has 0 saturated carbocycles. The predicted molar refractivity (Wildman–Crippen MR) is 83.7 cm³/mol. The lowest BCUT2D eigenvalue weighted by Crippen LogP contribution is -2.60. The lowest BCUT2D eigenvalue weighted by molar-refractivity contribution is -0.938. The summed E-state index contributed by atoms with van der Waals surface area (Å²) in [5, 5.41) is 9.60. The standard InChI is InChI=1S/C18H24NO4/c1-19(2)14-8-12(9-15(19)17-16(14)23-17)22-18(21)13(10-20)11-6-4-3-5-7-11/h3-7,12-17,20H,8-10H2,1-2H3/q+1/t12?,13-,14+,15+,16-,17+/m1/s1. The number of ether oxygens (including phenoxy) is 2. The Hall–Kier alpha value is -1.43. The van der Waals surface area contributed by atoms with Gasteiger partial charge in [0.05, 0.1) is 20.7 Å². The number of aliphatic hydroxyl groups is 1. The molecule has 1 aromatic rings. The van der Waals surface area contributed by atoms with Crippen LogP contribution in [0.5, 0.6) is 0 Å². The smallest absolute Gasteiger partial charge is 0.316 e. The van der Waals surface area contributed by atoms with E-state index in [9.17, 15) is 9.90 Å². The quantitative estimate of drug-likeness (QED) is 0.512. The molecule has 0 amide bonds. The van der Waals surface area contributed by atoms with Gasteiger partial charge < -0.3 is 19.1 Å². The molecule has 3 saturated heterocycles. The van der Waals surface area contributed by atoms with E-state index >= 15 is 0 Å². The van der Waals surface area contributed by atoms with Crippen LogP contribution in [-0.2, 0) is 14.3 Å². The van der Waals surface area contributed by atoms with E-state index in [2.05, 4.69) is 14.1 Å². The monoisotopic (exact) mass is 318 g/mol. The second-order valence-corrected chi connectivity index (χ2v) is 7.51. The minimum atomic E-state index is -0.593. The van der Waals surface area contributed by atoms with E-state index in [1.807, 2.05) is 30.3 Å². The van der Waals surface area contributed by atoms with Gasteiger partial charge in [-0.25, -0.2) is 0 Å². The number of likely N-dealkylation sites (N-methyl/N-ethyl adjacent to an activating group) is 1. The maximum Gasteiger partial charge on any atom is 0.316 e. The van der Waals surface area contributed by atoms with Crippen molar-refractivity contribution in [2.45, 2.75) is 49.2 Å². The molecule has 3 heterocycles. The van der Waals surface area contributed by atoms with E-state index in [1.54, 1.807) is 0 Å². The molecule has 3 aliphatic heterocycles. The van der Waals surface area contributed by atoms with Crippen LogP contribution in [0.3, 0.4) is 0 Å². The van der Waals surface area contributed by atoms with Gasteiger partial charge in [0, 0.05) is 12.8 Å². The number of nitrogens with zero attached hydrogens (tertiary/aromatic N) is 1. The lowest BCUT2D eigenvalue weighted by Gasteiger charge is -2.45. The third-order valence-electron chi connectivity index (χ3n) is 5.99. The van der Waals surface area contributed by atoms with Crippen LogP contribution >= 0.6 is 0 Å². The van der Waals surface area contributed by atoms with Crippen molar-refractivity contribution in [1.82, 2.24) is 0 Å². The third kappa shape index (κ3) is 2.38. The molecule has 124 valence electrons. The normalized spacial score (nSPS) is 37.8. The van der Waals surface area contributed by atoms with E-state index in [-0.39, 0.29) is 18.7 Å². The summed E-state index contributed by atoms with van der Waals surface area (Å²) in [7, 11) is 4.51. The predicted octanol–water partition coefficient (Wildman–Crippen LogP) is 1.06. The first-order chi connectivity index (χ1) is 11.0. The number of morpholine rings is 1. The Labute approximate surface area is 136 Å². The summed E-state index contributed by atoms with van der Waals surface area (Å²) in [5.74, 6) is -0.908. The summed E-state index contributed by atoms with van der Waals surface area (Å²) in [6.45, 7) is -0.224. The number of fused-ring (bicyclic) bond motifs is 5. The average molecular weight is 318 g/mol. The number of quaternary nitrogens is 1. The number of carbonyl (C=O) groups excluding carboxylic acids is 1. The van der Waals surface area contributed by atoms with Crippen LogP contribution in [0, 0.1) is 0 Å². The molecule has 0 aromatic heterocycles. The molecule has 4 rings (SSSR count). The second kappa shape index (κ2) is 5.30. The molecule has 1 aromatic carbocycles. The number of carbonyl (C=O) groups is 1. The molecule has 2 bridgehead atoms. The van der Waals surface area contributed by atoms with Crippen LogP contribution in [0.4, 0.5) is 0 Å². The van der Waals surface area contributed by atoms with Crippen molar-refractivity contribution in [2.75, 3.05) is 20.7 Å². The summed E-state index contributed by atoms with van der Waals surface area (Å²) in [6.07, 6.45) is 2.34. The van der Waals surface area contributed by atoms with E-state index in [0.29, 0.717) is 24.3 Å². The molecular formula is C18H24NO4+. The summed E-state index contributed by atoms with van der Waals surface area (Å²) < 4.78 is 12.5. The van der Waals surface area contributed by atoms with Crippen LogP contribution in [0.2, 0.25) is 0 Å². The Morgan fingerprint density at radius 1 is 1.26 bits per heavy atom. The van der Waals surface area contributed by atoms with Gasteiger partial charge in [-0.3, -0.25) is 4.79 Å². The van der Waals surface area contributed by atoms with Gasteiger partial charge in [0.1, 0.15) is 36.3 Å². The maximum absolute atomic E-state index is 12.5. The SMILES string of the molecule is C[N+]1(C)[C@H]2CC(OC(=O)[C@H](CO)c3ccccc3)C[C@H]1[C@H]1O[C@H]12. The number of benzene rings is 1. The van der Waals surface area contributed by atoms with Crippen molar-refractivity contribution in [1.29, 1.82) is 0 Å². The van der Waals surface area contributed by atoms with E-state index in [4.69, 9.17) is 9.47 Å². The molecule has 5 nitrogen and oxygen atoms in total. The molecule has 0 spiro atoms. The molecule has 23 heavy (non-hydrogen) atoms. The van der Waals surface area contributed by atoms with Crippen molar-refractivity contribution >= 4 is 5.97 Å². The van der Waals surface area contributed by atoms with Gasteiger partial charge in [-0.2, -0.15) is 0 Å². The Morgan fingerprint density at radius 3 is 2.43 bits per heavy atom. The van der Waals surface area contributed by atoms with Gasteiger partial charge in [-0.05, 0) is 5.56 Å². The fraction of sp³-hybridized carbons (Fsp3) is 0.611. The first kappa shape index (κ1) is 15.1. The number of aliphatic hydroxyl groups excluding tert-OH is 1. The fourth-order valence-corrected chi connectivity index (χ4v) is 4.55. The summed E-state index contributed by atoms with van der Waals surface area (Å²) in [4.78, 5) is 12.5. The highest BCUT2D eigenvalue weighted by molar-refractivity contribution is 5.78. The molecular weight excluding hydrogens is 294 g/mol. The number of piperidine rings is 1. The van der Waals surface area contributed by atoms with Gasteiger partial charge in [0.2, 0.25) is 0 Å². The van der Waals surface area contributed by atoms with E-state index in [1.165, 1.54) is 0 Å². The second-order valence-electron chi connectivity index (χ2n) is 7.51. The number of hydrogen-bond acceptors (Lipinski definition) is 4. The molecule has 0 radical (unpaired) electrons. The molecule has 1 N–H and O–H groups in total. The Bertz CT molecular complexity index is 582. The van der Waals surface area contributed by atoms with Crippen molar-refractivity contribution in [3.8, 4) is 0 Å². The number of rotatable bonds is 4. The highest BCUT2D eigenvalue weighted by atomic mass is 16.6. The maximum atomic E-state index is 12.5. The molecule has 3 aliphatic rings. The van der Waals surface area contributed by atoms with Crippen LogP contribution in [-0.4, -0.2) is 66.7 Å². The summed E-state index contributed by atoms with van der Waals surface area (Å²) >= 11 is 0. The molecule has 1 unspecified atom stereocenters. The van der Waals surface area contributed by atoms with Crippen LogP contribution in [0.1, 0.15) is 24.3 Å². The molecule has 5 heteroatoms. The van der Waals surface area contributed by atoms with Gasteiger partial charge in [0.15, 0.2) is 0 Å². The Balaban J connectivity index is 1.44. The minimum Gasteiger partial charge on any atom is -0.461 e. The highest BCUT2D eigenvalue weighted by Gasteiger charge is 2.70. The first-order valence-corrected chi connectivity index (χ1v) is 8.37. The molecule has 0 aliphatic carbocycles. The van der Waals surface area contributed by atoms with Crippen LogP contribution < -0.4 is 0 Å². The van der Waals surface area contributed by atoms with Crippen molar-refractivity contribution in [3.63, 3.8) is 0 Å². The highest BCUT2D eigenvalue weighted by Crippen LogP contribution is 2.51. The van der Waals surface area contributed by atoms with Gasteiger partial charge >= 0.3 is 5.97 Å². The average Bonchev–Trinajstić information content (AvgIpc) is 3.27. The van der Waals surface area contributed by atoms with Crippen molar-refractivity contribution in [2.24, 2.45) is 0 Å². The van der Waals surface area contributed by atoms with Crippen molar-refractivity contribution < 1.29 is 23.9 Å². The van der Waals surface area contributed by atoms with Crippen LogP contribution in [0.25, 0.3) is 0 Å².